The van der Waals surface area contributed by atoms with E-state index in [1.807, 2.05) is 41.8 Å². The van der Waals surface area contributed by atoms with Crippen LogP contribution < -0.4 is 10.6 Å². The zero-order chi connectivity index (χ0) is 22.7. The molecule has 0 saturated carbocycles. The molecule has 0 bridgehead atoms. The van der Waals surface area contributed by atoms with Gasteiger partial charge in [-0.25, -0.2) is 14.6 Å². The van der Waals surface area contributed by atoms with E-state index in [1.165, 1.54) is 6.92 Å². The number of nitrogens with one attached hydrogen (secondary N) is 2. The first-order chi connectivity index (χ1) is 15.5. The van der Waals surface area contributed by atoms with Crippen LogP contribution in [0.2, 0.25) is 0 Å². The van der Waals surface area contributed by atoms with Gasteiger partial charge in [-0.1, -0.05) is 24.3 Å². The van der Waals surface area contributed by atoms with E-state index in [0.717, 1.165) is 28.1 Å². The molecule has 1 aliphatic rings. The number of rotatable bonds is 5. The van der Waals surface area contributed by atoms with Crippen molar-refractivity contribution in [1.29, 1.82) is 0 Å². The Morgan fingerprint density at radius 1 is 1.19 bits per heavy atom. The number of pyridine rings is 1. The summed E-state index contributed by atoms with van der Waals surface area (Å²) in [6, 6.07) is 10.8. The highest BCUT2D eigenvalue weighted by atomic mass is 32.1. The van der Waals surface area contributed by atoms with Gasteiger partial charge in [0, 0.05) is 16.8 Å². The average molecular weight is 450 g/mol. The molecule has 3 aromatic rings. The monoisotopic (exact) mass is 449 g/mol. The molecule has 1 aliphatic carbocycles. The Labute approximate surface area is 189 Å². The van der Waals surface area contributed by atoms with Gasteiger partial charge in [0.15, 0.2) is 6.10 Å². The maximum atomic E-state index is 13.2. The number of benzene rings is 1. The van der Waals surface area contributed by atoms with Crippen LogP contribution in [0.15, 0.2) is 41.8 Å². The number of esters is 1. The van der Waals surface area contributed by atoms with Crippen LogP contribution in [-0.4, -0.2) is 35.5 Å². The molecule has 32 heavy (non-hydrogen) atoms. The molecule has 1 unspecified atom stereocenters. The number of allylic oxidation sites excluding steroid dienone is 1. The number of urea groups is 1. The van der Waals surface area contributed by atoms with E-state index >= 15 is 0 Å². The van der Waals surface area contributed by atoms with Crippen LogP contribution in [-0.2, 0) is 16.0 Å². The molecule has 3 amide bonds. The molecular weight excluding hydrogens is 426 g/mol. The molecule has 4 rings (SSSR count). The van der Waals surface area contributed by atoms with E-state index in [4.69, 9.17) is 9.72 Å². The van der Waals surface area contributed by atoms with Crippen LogP contribution >= 0.6 is 11.3 Å². The first-order valence-corrected chi connectivity index (χ1v) is 11.3. The molecule has 0 radical (unpaired) electrons. The number of imide groups is 1. The highest BCUT2D eigenvalue weighted by Crippen LogP contribution is 2.38. The van der Waals surface area contributed by atoms with Crippen molar-refractivity contribution >= 4 is 51.8 Å². The summed E-state index contributed by atoms with van der Waals surface area (Å²) >= 11 is 1.65. The van der Waals surface area contributed by atoms with E-state index in [2.05, 4.69) is 16.7 Å². The predicted molar refractivity (Wildman–Crippen MR) is 124 cm³/mol. The number of amides is 3. The van der Waals surface area contributed by atoms with Crippen LogP contribution in [0.1, 0.15) is 46.8 Å². The van der Waals surface area contributed by atoms with Crippen molar-refractivity contribution in [3.8, 4) is 0 Å². The van der Waals surface area contributed by atoms with Gasteiger partial charge < -0.3 is 10.1 Å². The van der Waals surface area contributed by atoms with Gasteiger partial charge in [-0.3, -0.25) is 10.1 Å². The summed E-state index contributed by atoms with van der Waals surface area (Å²) in [6.45, 7) is 3.56. The maximum Gasteiger partial charge on any atom is 0.339 e. The fourth-order valence-corrected chi connectivity index (χ4v) is 4.43. The highest BCUT2D eigenvalue weighted by molar-refractivity contribution is 7.10. The molecular formula is C24H23N3O4S. The van der Waals surface area contributed by atoms with Crippen LogP contribution in [0.4, 0.5) is 4.79 Å². The molecule has 8 heteroatoms. The normalized spacial score (nSPS) is 14.8. The van der Waals surface area contributed by atoms with Gasteiger partial charge in [0.05, 0.1) is 16.8 Å². The summed E-state index contributed by atoms with van der Waals surface area (Å²) in [6.07, 6.45) is 2.41. The largest absolute Gasteiger partial charge is 0.449 e. The van der Waals surface area contributed by atoms with Crippen LogP contribution in [0.3, 0.4) is 0 Å². The SMILES string of the molecule is CCNC(=O)NC(=O)C(C)OC(=O)c1c2c(nc3ccccc13)C(=Cc1cccs1)CC2. The number of para-hydroxylation sites is 1. The molecule has 0 saturated heterocycles. The van der Waals surface area contributed by atoms with Crippen LogP contribution in [0.25, 0.3) is 22.6 Å². The molecule has 2 N–H and O–H groups in total. The Balaban J connectivity index is 1.67. The smallest absolute Gasteiger partial charge is 0.339 e. The van der Waals surface area contributed by atoms with Crippen molar-refractivity contribution < 1.29 is 19.1 Å². The van der Waals surface area contributed by atoms with Crippen molar-refractivity contribution in [2.75, 3.05) is 6.54 Å². The maximum absolute atomic E-state index is 13.2. The molecule has 164 valence electrons. The van der Waals surface area contributed by atoms with E-state index in [-0.39, 0.29) is 0 Å². The fraction of sp³-hybridized carbons (Fsp3) is 0.250. The molecule has 0 aliphatic heterocycles. The lowest BCUT2D eigenvalue weighted by molar-refractivity contribution is -0.127. The van der Waals surface area contributed by atoms with Crippen LogP contribution in [0.5, 0.6) is 0 Å². The second-order valence-corrected chi connectivity index (χ2v) is 8.39. The van der Waals surface area contributed by atoms with Gasteiger partial charge in [0.1, 0.15) is 0 Å². The number of aromatic nitrogens is 1. The average Bonchev–Trinajstić information content (AvgIpc) is 3.42. The number of hydrogen-bond donors (Lipinski definition) is 2. The third-order valence-electron chi connectivity index (χ3n) is 5.23. The van der Waals surface area contributed by atoms with Gasteiger partial charge in [0.25, 0.3) is 5.91 Å². The first kappa shape index (κ1) is 21.7. The zero-order valence-electron chi connectivity index (χ0n) is 17.8. The minimum atomic E-state index is -1.13. The Hall–Kier alpha value is -3.52. The van der Waals surface area contributed by atoms with E-state index in [0.29, 0.717) is 29.4 Å². The number of thiophene rings is 1. The van der Waals surface area contributed by atoms with Crippen molar-refractivity contribution in [3.05, 3.63) is 63.5 Å². The lowest BCUT2D eigenvalue weighted by atomic mass is 10.0. The first-order valence-electron chi connectivity index (χ1n) is 10.4. The Bertz CT molecular complexity index is 1220. The minimum absolute atomic E-state index is 0.379. The summed E-state index contributed by atoms with van der Waals surface area (Å²) in [7, 11) is 0. The lowest BCUT2D eigenvalue weighted by Crippen LogP contribution is -2.44. The minimum Gasteiger partial charge on any atom is -0.449 e. The quantitative estimate of drug-likeness (QED) is 0.570. The Morgan fingerprint density at radius 3 is 2.75 bits per heavy atom. The highest BCUT2D eigenvalue weighted by Gasteiger charge is 2.29. The molecule has 0 fully saturated rings. The third-order valence-corrected chi connectivity index (χ3v) is 6.05. The molecule has 2 heterocycles. The third kappa shape index (κ3) is 4.40. The summed E-state index contributed by atoms with van der Waals surface area (Å²) in [5, 5.41) is 7.35. The van der Waals surface area contributed by atoms with Gasteiger partial charge in [-0.15, -0.1) is 11.3 Å². The fourth-order valence-electron chi connectivity index (χ4n) is 3.75. The predicted octanol–water partition coefficient (Wildman–Crippen LogP) is 4.17. The van der Waals surface area contributed by atoms with Crippen molar-refractivity contribution in [3.63, 3.8) is 0 Å². The molecule has 2 aromatic heterocycles. The topological polar surface area (TPSA) is 97.4 Å². The molecule has 7 nitrogen and oxygen atoms in total. The Kier molecular flexibility index (Phi) is 6.32. The Morgan fingerprint density at radius 2 is 2.00 bits per heavy atom. The summed E-state index contributed by atoms with van der Waals surface area (Å²) in [5.74, 6) is -1.28. The molecule has 1 aromatic carbocycles. The zero-order valence-corrected chi connectivity index (χ0v) is 18.6. The number of ether oxygens (including phenoxy) is 1. The standard InChI is InChI=1S/C24H23N3O4S/c1-3-25-24(30)27-22(28)14(2)31-23(29)20-17-8-4-5-9-19(17)26-21-15(10-11-18(20)21)13-16-7-6-12-32-16/h4-9,12-14H,3,10-11H2,1-2H3,(H2,25,27,28,30). The second kappa shape index (κ2) is 9.32. The number of fused-ring (bicyclic) bond motifs is 2. The summed E-state index contributed by atoms with van der Waals surface area (Å²) in [4.78, 5) is 43.0. The van der Waals surface area contributed by atoms with Gasteiger partial charge >= 0.3 is 12.0 Å². The van der Waals surface area contributed by atoms with Gasteiger partial charge in [-0.05, 0) is 61.4 Å². The summed E-state index contributed by atoms with van der Waals surface area (Å²) in [5.41, 5.74) is 3.81. The molecule has 0 spiro atoms. The number of hydrogen-bond acceptors (Lipinski definition) is 6. The van der Waals surface area contributed by atoms with E-state index in [9.17, 15) is 14.4 Å². The van der Waals surface area contributed by atoms with Gasteiger partial charge in [-0.2, -0.15) is 0 Å². The number of carbonyl (C=O) groups is 3. The van der Waals surface area contributed by atoms with Crippen molar-refractivity contribution in [2.45, 2.75) is 32.8 Å². The van der Waals surface area contributed by atoms with Crippen molar-refractivity contribution in [1.82, 2.24) is 15.6 Å². The van der Waals surface area contributed by atoms with Gasteiger partial charge in [0.2, 0.25) is 0 Å². The molecule has 1 atom stereocenters. The van der Waals surface area contributed by atoms with E-state index in [1.54, 1.807) is 18.3 Å². The second-order valence-electron chi connectivity index (χ2n) is 7.41. The van der Waals surface area contributed by atoms with Crippen LogP contribution in [0, 0.1) is 0 Å². The number of carbonyl (C=O) groups excluding carboxylic acids is 3. The lowest BCUT2D eigenvalue weighted by Gasteiger charge is -2.16. The number of nitrogens with zero attached hydrogens (tertiary/aromatic N) is 1. The van der Waals surface area contributed by atoms with Crippen molar-refractivity contribution in [2.24, 2.45) is 0 Å². The summed E-state index contributed by atoms with van der Waals surface area (Å²) < 4.78 is 5.48. The van der Waals surface area contributed by atoms with E-state index < -0.39 is 24.0 Å².